The normalized spacial score (nSPS) is 11.9. The van der Waals surface area contributed by atoms with Crippen molar-refractivity contribution in [2.75, 3.05) is 4.90 Å². The SMILES string of the molecule is CC(SCc1ccc(C(=O)N(c2ccccn2)c2ccc(Cl)cc2C(=O)NCc2cccc(C(F)(F)F)c2)cc1)C(=O)O. The van der Waals surface area contributed by atoms with E-state index in [0.717, 1.165) is 17.7 Å². The van der Waals surface area contributed by atoms with Gasteiger partial charge < -0.3 is 10.4 Å². The molecule has 0 radical (unpaired) electrons. The molecule has 0 aliphatic heterocycles. The van der Waals surface area contributed by atoms with E-state index in [1.807, 2.05) is 0 Å². The minimum absolute atomic E-state index is 0.00848. The van der Waals surface area contributed by atoms with E-state index in [2.05, 4.69) is 10.3 Å². The number of nitrogens with one attached hydrogen (secondary N) is 1. The summed E-state index contributed by atoms with van der Waals surface area (Å²) in [7, 11) is 0. The number of nitrogens with zero attached hydrogens (tertiary/aromatic N) is 2. The van der Waals surface area contributed by atoms with Crippen molar-refractivity contribution in [3.8, 4) is 0 Å². The van der Waals surface area contributed by atoms with Gasteiger partial charge in [0.15, 0.2) is 0 Å². The van der Waals surface area contributed by atoms with Crippen LogP contribution in [-0.2, 0) is 23.3 Å². The topological polar surface area (TPSA) is 99.6 Å². The number of alkyl halides is 3. The number of aliphatic carboxylic acids is 1. The minimum atomic E-state index is -4.53. The molecular weight excluding hydrogens is 603 g/mol. The highest BCUT2D eigenvalue weighted by molar-refractivity contribution is 7.99. The molecule has 12 heteroatoms. The third-order valence-corrected chi connectivity index (χ3v) is 7.72. The van der Waals surface area contributed by atoms with Crippen LogP contribution in [0.2, 0.25) is 5.02 Å². The average molecular weight is 628 g/mol. The van der Waals surface area contributed by atoms with Gasteiger partial charge in [-0.25, -0.2) is 4.98 Å². The van der Waals surface area contributed by atoms with Crippen LogP contribution in [0, 0.1) is 0 Å². The molecule has 1 unspecified atom stereocenters. The van der Waals surface area contributed by atoms with Gasteiger partial charge in [-0.1, -0.05) is 41.9 Å². The lowest BCUT2D eigenvalue weighted by atomic mass is 10.1. The molecule has 3 aromatic carbocycles. The maximum Gasteiger partial charge on any atom is 0.416 e. The van der Waals surface area contributed by atoms with Crippen LogP contribution in [0.3, 0.4) is 0 Å². The second kappa shape index (κ2) is 13.7. The van der Waals surface area contributed by atoms with E-state index >= 15 is 0 Å². The molecule has 222 valence electrons. The third-order valence-electron chi connectivity index (χ3n) is 6.28. The summed E-state index contributed by atoms with van der Waals surface area (Å²) >= 11 is 7.47. The summed E-state index contributed by atoms with van der Waals surface area (Å²) in [6, 6.07) is 20.6. The number of anilines is 2. The van der Waals surface area contributed by atoms with Crippen LogP contribution in [0.1, 0.15) is 44.3 Å². The molecule has 1 aromatic heterocycles. The van der Waals surface area contributed by atoms with Crippen molar-refractivity contribution < 1.29 is 32.7 Å². The Morgan fingerprint density at radius 3 is 2.37 bits per heavy atom. The number of halogens is 4. The molecule has 4 rings (SSSR count). The number of carboxylic acid groups (broad SMARTS) is 1. The minimum Gasteiger partial charge on any atom is -0.480 e. The van der Waals surface area contributed by atoms with E-state index in [-0.39, 0.29) is 39.8 Å². The van der Waals surface area contributed by atoms with Gasteiger partial charge in [0.05, 0.1) is 22.1 Å². The molecule has 0 fully saturated rings. The molecule has 0 aliphatic rings. The number of carbonyl (C=O) groups excluding carboxylic acids is 2. The first-order valence-electron chi connectivity index (χ1n) is 12.9. The number of pyridine rings is 1. The zero-order valence-corrected chi connectivity index (χ0v) is 24.2. The molecule has 0 aliphatic carbocycles. The Kier molecular flexibility index (Phi) is 10.1. The second-order valence-corrected chi connectivity index (χ2v) is 11.1. The lowest BCUT2D eigenvalue weighted by Crippen LogP contribution is -2.31. The van der Waals surface area contributed by atoms with Gasteiger partial charge >= 0.3 is 12.1 Å². The van der Waals surface area contributed by atoms with Crippen molar-refractivity contribution >= 4 is 52.7 Å². The Labute approximate surface area is 254 Å². The van der Waals surface area contributed by atoms with Crippen LogP contribution < -0.4 is 10.2 Å². The van der Waals surface area contributed by atoms with Crippen molar-refractivity contribution in [1.29, 1.82) is 0 Å². The zero-order valence-electron chi connectivity index (χ0n) is 22.6. The summed E-state index contributed by atoms with van der Waals surface area (Å²) in [6.45, 7) is 1.39. The van der Waals surface area contributed by atoms with Gasteiger partial charge in [0.1, 0.15) is 5.82 Å². The number of aromatic nitrogens is 1. The molecule has 0 spiro atoms. The summed E-state index contributed by atoms with van der Waals surface area (Å²) in [5.74, 6) is -1.44. The van der Waals surface area contributed by atoms with Gasteiger partial charge in [0, 0.05) is 29.1 Å². The monoisotopic (exact) mass is 627 g/mol. The van der Waals surface area contributed by atoms with Gasteiger partial charge in [-0.3, -0.25) is 19.3 Å². The van der Waals surface area contributed by atoms with E-state index in [1.165, 1.54) is 53.2 Å². The first-order chi connectivity index (χ1) is 20.4. The molecule has 0 bridgehead atoms. The van der Waals surface area contributed by atoms with Crippen LogP contribution in [0.5, 0.6) is 0 Å². The number of thioether (sulfide) groups is 1. The van der Waals surface area contributed by atoms with E-state index in [9.17, 15) is 27.6 Å². The molecule has 0 saturated heterocycles. The predicted octanol–water partition coefficient (Wildman–Crippen LogP) is 7.37. The summed E-state index contributed by atoms with van der Waals surface area (Å²) in [5, 5.41) is 11.3. The molecule has 4 aromatic rings. The number of carbonyl (C=O) groups is 3. The van der Waals surface area contributed by atoms with Crippen LogP contribution >= 0.6 is 23.4 Å². The zero-order chi connectivity index (χ0) is 31.1. The van der Waals surface area contributed by atoms with Crippen LogP contribution in [0.25, 0.3) is 0 Å². The van der Waals surface area contributed by atoms with Gasteiger partial charge in [0.2, 0.25) is 0 Å². The fourth-order valence-electron chi connectivity index (χ4n) is 4.01. The van der Waals surface area contributed by atoms with Gasteiger partial charge in [-0.15, -0.1) is 11.8 Å². The fourth-order valence-corrected chi connectivity index (χ4v) is 4.96. The number of amides is 2. The Balaban J connectivity index is 1.64. The standard InChI is InChI=1S/C31H25ClF3N3O4S/c1-19(30(41)42)43-18-20-8-10-22(11-9-20)29(40)38(27-7-2-3-14-36-27)26-13-12-24(32)16-25(26)28(39)37-17-21-5-4-6-23(15-21)31(33,34)35/h2-16,19H,17-18H2,1H3,(H,37,39)(H,41,42). The molecular formula is C31H25ClF3N3O4S. The second-order valence-electron chi connectivity index (χ2n) is 9.36. The number of hydrogen-bond acceptors (Lipinski definition) is 5. The van der Waals surface area contributed by atoms with Crippen LogP contribution in [0.4, 0.5) is 24.7 Å². The van der Waals surface area contributed by atoms with E-state index in [4.69, 9.17) is 16.7 Å². The summed E-state index contributed by atoms with van der Waals surface area (Å²) < 4.78 is 39.4. The Hall–Kier alpha value is -4.35. The maximum absolute atomic E-state index is 13.9. The molecule has 0 saturated carbocycles. The molecule has 1 heterocycles. The van der Waals surface area contributed by atoms with Crippen molar-refractivity contribution in [1.82, 2.24) is 10.3 Å². The molecule has 2 amide bonds. The smallest absolute Gasteiger partial charge is 0.416 e. The van der Waals surface area contributed by atoms with E-state index in [0.29, 0.717) is 5.75 Å². The molecule has 2 N–H and O–H groups in total. The summed E-state index contributed by atoms with van der Waals surface area (Å²) in [4.78, 5) is 44.0. The van der Waals surface area contributed by atoms with Gasteiger partial charge in [0.25, 0.3) is 11.8 Å². The third kappa shape index (κ3) is 8.14. The Morgan fingerprint density at radius 2 is 1.72 bits per heavy atom. The maximum atomic E-state index is 13.9. The quantitative estimate of drug-likeness (QED) is 0.190. The van der Waals surface area contributed by atoms with Crippen molar-refractivity contribution in [3.63, 3.8) is 0 Å². The molecule has 43 heavy (non-hydrogen) atoms. The first-order valence-corrected chi connectivity index (χ1v) is 14.3. The summed E-state index contributed by atoms with van der Waals surface area (Å²) in [5.41, 5.74) is 0.658. The Morgan fingerprint density at radius 1 is 0.977 bits per heavy atom. The highest BCUT2D eigenvalue weighted by atomic mass is 35.5. The average Bonchev–Trinajstić information content (AvgIpc) is 2.99. The number of carboxylic acids is 1. The molecule has 7 nitrogen and oxygen atoms in total. The van der Waals surface area contributed by atoms with Crippen LogP contribution in [0.15, 0.2) is 91.1 Å². The molecule has 1 atom stereocenters. The van der Waals surface area contributed by atoms with Crippen molar-refractivity contribution in [2.24, 2.45) is 0 Å². The highest BCUT2D eigenvalue weighted by Gasteiger charge is 2.30. The predicted molar refractivity (Wildman–Crippen MR) is 160 cm³/mol. The lowest BCUT2D eigenvalue weighted by molar-refractivity contribution is -0.138. The highest BCUT2D eigenvalue weighted by Crippen LogP contribution is 2.32. The Bertz CT molecular complexity index is 1620. The number of rotatable bonds is 10. The lowest BCUT2D eigenvalue weighted by Gasteiger charge is -2.24. The number of hydrogen-bond donors (Lipinski definition) is 2. The van der Waals surface area contributed by atoms with Crippen LogP contribution in [-0.4, -0.2) is 33.1 Å². The van der Waals surface area contributed by atoms with E-state index < -0.39 is 34.8 Å². The first kappa shape index (κ1) is 31.6. The largest absolute Gasteiger partial charge is 0.480 e. The fraction of sp³-hybridized carbons (Fsp3) is 0.161. The summed E-state index contributed by atoms with van der Waals surface area (Å²) in [6.07, 6.45) is -3.04. The van der Waals surface area contributed by atoms with Gasteiger partial charge in [-0.2, -0.15) is 13.2 Å². The number of benzene rings is 3. The van der Waals surface area contributed by atoms with Crippen molar-refractivity contribution in [2.45, 2.75) is 30.6 Å². The van der Waals surface area contributed by atoms with Gasteiger partial charge in [-0.05, 0) is 72.6 Å². The van der Waals surface area contributed by atoms with E-state index in [1.54, 1.807) is 49.4 Å². The van der Waals surface area contributed by atoms with Crippen molar-refractivity contribution in [3.05, 3.63) is 124 Å².